The average Bonchev–Trinajstić information content (AvgIpc) is 3.04. The van der Waals surface area contributed by atoms with Crippen LogP contribution in [0, 0.1) is 0 Å². The number of carbonyl (C=O) groups is 1. The fourth-order valence-electron chi connectivity index (χ4n) is 2.14. The number of hydrogen-bond acceptors (Lipinski definition) is 6. The van der Waals surface area contributed by atoms with Gasteiger partial charge < -0.3 is 5.32 Å². The van der Waals surface area contributed by atoms with Crippen LogP contribution in [0.3, 0.4) is 0 Å². The molecule has 0 aliphatic carbocycles. The molecule has 1 aromatic heterocycles. The van der Waals surface area contributed by atoms with Gasteiger partial charge in [0.25, 0.3) is 0 Å². The normalized spacial score (nSPS) is 11.3. The van der Waals surface area contributed by atoms with Crippen LogP contribution in [-0.2, 0) is 21.2 Å². The van der Waals surface area contributed by atoms with Crippen molar-refractivity contribution in [1.82, 2.24) is 20.2 Å². The maximum Gasteiger partial charge on any atom is 0.248 e. The Morgan fingerprint density at radius 3 is 2.38 bits per heavy atom. The lowest BCUT2D eigenvalue weighted by atomic mass is 10.2. The van der Waals surface area contributed by atoms with Gasteiger partial charge in [-0.15, -0.1) is 10.2 Å². The predicted octanol–water partition coefficient (Wildman–Crippen LogP) is 2.14. The number of amides is 1. The van der Waals surface area contributed by atoms with Crippen molar-refractivity contribution in [2.75, 3.05) is 11.6 Å². The Morgan fingerprint density at radius 2 is 1.77 bits per heavy atom. The van der Waals surface area contributed by atoms with E-state index in [0.717, 1.165) is 10.7 Å². The molecule has 134 valence electrons. The lowest BCUT2D eigenvalue weighted by Gasteiger charge is -2.04. The Bertz CT molecular complexity index is 1030. The SMILES string of the molecule is CS(=O)(=O)c1ccc(-c2nnn(CC(=O)Nc3ccc(Br)cc3)n2)cc1. The van der Waals surface area contributed by atoms with Crippen LogP contribution in [0.5, 0.6) is 0 Å². The predicted molar refractivity (Wildman–Crippen MR) is 99.1 cm³/mol. The van der Waals surface area contributed by atoms with Crippen molar-refractivity contribution in [3.05, 3.63) is 53.0 Å². The molecule has 0 atom stereocenters. The average molecular weight is 436 g/mol. The molecule has 0 bridgehead atoms. The molecule has 3 rings (SSSR count). The van der Waals surface area contributed by atoms with Gasteiger partial charge in [-0.25, -0.2) is 8.42 Å². The van der Waals surface area contributed by atoms with Gasteiger partial charge in [-0.05, 0) is 53.7 Å². The summed E-state index contributed by atoms with van der Waals surface area (Å²) in [5.41, 5.74) is 1.27. The van der Waals surface area contributed by atoms with E-state index in [1.54, 1.807) is 24.3 Å². The second kappa shape index (κ2) is 7.34. The number of hydrogen-bond donors (Lipinski definition) is 1. The molecule has 0 saturated heterocycles. The monoisotopic (exact) mass is 435 g/mol. The molecule has 3 aromatic rings. The van der Waals surface area contributed by atoms with Crippen LogP contribution in [0.1, 0.15) is 0 Å². The van der Waals surface area contributed by atoms with E-state index in [0.29, 0.717) is 17.1 Å². The number of rotatable bonds is 5. The standard InChI is InChI=1S/C16H14BrN5O3S/c1-26(24,25)14-8-2-11(3-9-14)16-19-21-22(20-16)10-15(23)18-13-6-4-12(17)5-7-13/h2-9H,10H2,1H3,(H,18,23). The van der Waals surface area contributed by atoms with Crippen molar-refractivity contribution < 1.29 is 13.2 Å². The molecule has 26 heavy (non-hydrogen) atoms. The van der Waals surface area contributed by atoms with Gasteiger partial charge in [0.2, 0.25) is 11.7 Å². The summed E-state index contributed by atoms with van der Waals surface area (Å²) in [4.78, 5) is 13.4. The summed E-state index contributed by atoms with van der Waals surface area (Å²) in [5, 5.41) is 14.6. The first kappa shape index (κ1) is 18.2. The summed E-state index contributed by atoms with van der Waals surface area (Å²) >= 11 is 3.33. The number of halogens is 1. The zero-order chi connectivity index (χ0) is 18.7. The van der Waals surface area contributed by atoms with Crippen LogP contribution >= 0.6 is 15.9 Å². The molecule has 1 heterocycles. The quantitative estimate of drug-likeness (QED) is 0.657. The highest BCUT2D eigenvalue weighted by Crippen LogP contribution is 2.17. The topological polar surface area (TPSA) is 107 Å². The molecule has 0 aliphatic rings. The number of nitrogens with zero attached hydrogens (tertiary/aromatic N) is 4. The maximum absolute atomic E-state index is 12.0. The smallest absolute Gasteiger partial charge is 0.248 e. The Labute approximate surface area is 158 Å². The number of benzene rings is 2. The Kier molecular flexibility index (Phi) is 5.14. The second-order valence-corrected chi connectivity index (χ2v) is 8.43. The summed E-state index contributed by atoms with van der Waals surface area (Å²) < 4.78 is 23.9. The van der Waals surface area contributed by atoms with E-state index >= 15 is 0 Å². The lowest BCUT2D eigenvalue weighted by Crippen LogP contribution is -2.20. The summed E-state index contributed by atoms with van der Waals surface area (Å²) in [7, 11) is -3.26. The largest absolute Gasteiger partial charge is 0.324 e. The molecule has 0 aliphatic heterocycles. The van der Waals surface area contributed by atoms with E-state index in [1.165, 1.54) is 16.9 Å². The van der Waals surface area contributed by atoms with Crippen LogP contribution < -0.4 is 5.32 Å². The first-order valence-electron chi connectivity index (χ1n) is 7.45. The van der Waals surface area contributed by atoms with E-state index in [4.69, 9.17) is 0 Å². The van der Waals surface area contributed by atoms with E-state index in [9.17, 15) is 13.2 Å². The molecule has 1 N–H and O–H groups in total. The summed E-state index contributed by atoms with van der Waals surface area (Å²) in [5.74, 6) is 0.0187. The van der Waals surface area contributed by atoms with E-state index < -0.39 is 9.84 Å². The molecule has 1 amide bonds. The molecule has 0 saturated carbocycles. The molecule has 10 heteroatoms. The maximum atomic E-state index is 12.0. The van der Waals surface area contributed by atoms with Crippen LogP contribution in [-0.4, -0.2) is 40.8 Å². The highest BCUT2D eigenvalue weighted by Gasteiger charge is 2.11. The molecular weight excluding hydrogens is 422 g/mol. The van der Waals surface area contributed by atoms with Crippen molar-refractivity contribution in [3.63, 3.8) is 0 Å². The third-order valence-corrected chi connectivity index (χ3v) is 5.06. The first-order valence-corrected chi connectivity index (χ1v) is 10.1. The van der Waals surface area contributed by atoms with Gasteiger partial charge in [-0.2, -0.15) is 4.80 Å². The molecule has 8 nitrogen and oxygen atoms in total. The van der Waals surface area contributed by atoms with Gasteiger partial charge in [0.1, 0.15) is 6.54 Å². The van der Waals surface area contributed by atoms with Gasteiger partial charge in [-0.3, -0.25) is 4.79 Å². The fourth-order valence-corrected chi connectivity index (χ4v) is 3.03. The minimum Gasteiger partial charge on any atom is -0.324 e. The van der Waals surface area contributed by atoms with Crippen molar-refractivity contribution in [3.8, 4) is 11.4 Å². The molecular formula is C16H14BrN5O3S. The Balaban J connectivity index is 1.67. The van der Waals surface area contributed by atoms with Gasteiger partial charge in [-0.1, -0.05) is 15.9 Å². The molecule has 2 aromatic carbocycles. The highest BCUT2D eigenvalue weighted by molar-refractivity contribution is 9.10. The van der Waals surface area contributed by atoms with Crippen LogP contribution in [0.2, 0.25) is 0 Å². The minimum atomic E-state index is -3.26. The zero-order valence-corrected chi connectivity index (χ0v) is 16.0. The van der Waals surface area contributed by atoms with Crippen LogP contribution in [0.25, 0.3) is 11.4 Å². The summed E-state index contributed by atoms with van der Waals surface area (Å²) in [6.45, 7) is -0.0928. The van der Waals surface area contributed by atoms with E-state index in [1.807, 2.05) is 12.1 Å². The minimum absolute atomic E-state index is 0.0928. The van der Waals surface area contributed by atoms with Crippen molar-refractivity contribution in [2.45, 2.75) is 11.4 Å². The van der Waals surface area contributed by atoms with Crippen molar-refractivity contribution >= 4 is 37.4 Å². The van der Waals surface area contributed by atoms with E-state index in [-0.39, 0.29) is 17.3 Å². The number of aromatic nitrogens is 4. The summed E-state index contributed by atoms with van der Waals surface area (Å²) in [6.07, 6.45) is 1.14. The van der Waals surface area contributed by atoms with E-state index in [2.05, 4.69) is 36.7 Å². The van der Waals surface area contributed by atoms with Gasteiger partial charge in [0.05, 0.1) is 4.90 Å². The Hall–Kier alpha value is -2.59. The highest BCUT2D eigenvalue weighted by atomic mass is 79.9. The van der Waals surface area contributed by atoms with Crippen LogP contribution in [0.4, 0.5) is 5.69 Å². The molecule has 0 unspecified atom stereocenters. The Morgan fingerprint density at radius 1 is 1.12 bits per heavy atom. The zero-order valence-electron chi connectivity index (χ0n) is 13.6. The first-order chi connectivity index (χ1) is 12.3. The van der Waals surface area contributed by atoms with Gasteiger partial charge in [0, 0.05) is 22.0 Å². The van der Waals surface area contributed by atoms with Crippen molar-refractivity contribution in [2.24, 2.45) is 0 Å². The fraction of sp³-hybridized carbons (Fsp3) is 0.125. The van der Waals surface area contributed by atoms with Crippen molar-refractivity contribution in [1.29, 1.82) is 0 Å². The third kappa shape index (κ3) is 4.52. The van der Waals surface area contributed by atoms with Gasteiger partial charge >= 0.3 is 0 Å². The third-order valence-electron chi connectivity index (χ3n) is 3.41. The lowest BCUT2D eigenvalue weighted by molar-refractivity contribution is -0.117. The number of anilines is 1. The van der Waals surface area contributed by atoms with Gasteiger partial charge in [0.15, 0.2) is 9.84 Å². The summed E-state index contributed by atoms with van der Waals surface area (Å²) in [6, 6.07) is 13.3. The molecule has 0 fully saturated rings. The van der Waals surface area contributed by atoms with Crippen LogP contribution in [0.15, 0.2) is 57.9 Å². The molecule has 0 radical (unpaired) electrons. The number of carbonyl (C=O) groups excluding carboxylic acids is 1. The number of sulfone groups is 1. The molecule has 0 spiro atoms. The number of nitrogens with one attached hydrogen (secondary N) is 1. The second-order valence-electron chi connectivity index (χ2n) is 5.50. The number of tetrazole rings is 1.